The molecule has 1 N–H and O–H groups in total. The molecular formula is C3H4N3Na. The molecule has 1 heterocycles. The minimum absolute atomic E-state index is 0. The van der Waals surface area contributed by atoms with Crippen LogP contribution in [0.3, 0.4) is 0 Å². The van der Waals surface area contributed by atoms with Gasteiger partial charge < -0.3 is 11.0 Å². The van der Waals surface area contributed by atoms with Crippen LogP contribution in [0.25, 0.3) is 5.43 Å². The van der Waals surface area contributed by atoms with Crippen molar-refractivity contribution in [2.45, 2.75) is 0 Å². The Bertz CT molecular complexity index is 76.2. The van der Waals surface area contributed by atoms with Crippen molar-refractivity contribution in [1.82, 2.24) is 5.53 Å². The van der Waals surface area contributed by atoms with E-state index >= 15 is 0 Å². The average molecular weight is 105 g/mol. The summed E-state index contributed by atoms with van der Waals surface area (Å²) in [4.78, 5) is 0. The van der Waals surface area contributed by atoms with Crippen LogP contribution < -0.4 is 35.1 Å². The van der Waals surface area contributed by atoms with Crippen molar-refractivity contribution in [3.8, 4) is 0 Å². The van der Waals surface area contributed by atoms with Gasteiger partial charge in [-0.05, 0) is 0 Å². The zero-order valence-corrected chi connectivity index (χ0v) is 6.13. The minimum Gasteiger partial charge on any atom is -0.586 e. The van der Waals surface area contributed by atoms with Crippen molar-refractivity contribution >= 4 is 6.21 Å². The van der Waals surface area contributed by atoms with E-state index in [1.807, 2.05) is 0 Å². The van der Waals surface area contributed by atoms with Crippen LogP contribution in [0.4, 0.5) is 0 Å². The molecule has 0 atom stereocenters. The third-order valence-electron chi connectivity index (χ3n) is 0.437. The first-order valence-electron chi connectivity index (χ1n) is 1.63. The van der Waals surface area contributed by atoms with Gasteiger partial charge in [0.2, 0.25) is 0 Å². The molecule has 4 heteroatoms. The topological polar surface area (TPSA) is 38.5 Å². The molecule has 0 aromatic heterocycles. The third-order valence-corrected chi connectivity index (χ3v) is 0.437. The van der Waals surface area contributed by atoms with E-state index in [1.165, 1.54) is 0 Å². The molecule has 7 heavy (non-hydrogen) atoms. The summed E-state index contributed by atoms with van der Waals surface area (Å²) in [7, 11) is 0. The number of hydrogen-bond donors (Lipinski definition) is 1. The molecule has 0 spiro atoms. The van der Waals surface area contributed by atoms with Crippen LogP contribution in [0.5, 0.6) is 0 Å². The maximum atomic E-state index is 3.55. The van der Waals surface area contributed by atoms with E-state index in [4.69, 9.17) is 0 Å². The summed E-state index contributed by atoms with van der Waals surface area (Å²) in [5, 5.41) is 3.55. The molecule has 0 aromatic rings. The van der Waals surface area contributed by atoms with Crippen LogP contribution in [-0.4, -0.2) is 6.21 Å². The van der Waals surface area contributed by atoms with Gasteiger partial charge in [0.25, 0.3) is 0 Å². The summed E-state index contributed by atoms with van der Waals surface area (Å²) in [6.07, 6.45) is 5.01. The summed E-state index contributed by atoms with van der Waals surface area (Å²) in [6, 6.07) is 0. The summed E-state index contributed by atoms with van der Waals surface area (Å²) in [5.41, 5.74) is 5.94. The molecule has 3 nitrogen and oxygen atoms in total. The van der Waals surface area contributed by atoms with Gasteiger partial charge in [0.1, 0.15) is 0 Å². The first-order chi connectivity index (χ1) is 3.00. The second-order valence-corrected chi connectivity index (χ2v) is 0.849. The molecule has 0 aromatic carbocycles. The monoisotopic (exact) mass is 105 g/mol. The SMILES string of the molecule is C1=C[N-]NN=C1.[Na+]. The zero-order chi connectivity index (χ0) is 4.24. The van der Waals surface area contributed by atoms with Gasteiger partial charge in [-0.1, -0.05) is 6.08 Å². The van der Waals surface area contributed by atoms with Gasteiger partial charge in [-0.15, -0.1) is 0 Å². The van der Waals surface area contributed by atoms with Crippen molar-refractivity contribution in [3.63, 3.8) is 0 Å². The number of nitrogens with one attached hydrogen (secondary N) is 1. The smallest absolute Gasteiger partial charge is 0.586 e. The number of rotatable bonds is 0. The van der Waals surface area contributed by atoms with Gasteiger partial charge in [0, 0.05) is 6.21 Å². The molecule has 0 unspecified atom stereocenters. The second kappa shape index (κ2) is 4.18. The fourth-order valence-electron chi connectivity index (χ4n) is 0.225. The van der Waals surface area contributed by atoms with Crippen LogP contribution in [0.1, 0.15) is 0 Å². The first-order valence-corrected chi connectivity index (χ1v) is 1.63. The molecule has 1 aliphatic rings. The molecule has 0 aliphatic carbocycles. The quantitative estimate of drug-likeness (QED) is 0.336. The van der Waals surface area contributed by atoms with Crippen molar-refractivity contribution < 1.29 is 29.6 Å². The maximum Gasteiger partial charge on any atom is 1.00 e. The summed E-state index contributed by atoms with van der Waals surface area (Å²) < 4.78 is 0. The van der Waals surface area contributed by atoms with Gasteiger partial charge in [-0.3, -0.25) is 0 Å². The molecule has 0 saturated carbocycles. The molecule has 0 bridgehead atoms. The van der Waals surface area contributed by atoms with Crippen LogP contribution in [0.15, 0.2) is 17.4 Å². The van der Waals surface area contributed by atoms with Crippen LogP contribution in [0.2, 0.25) is 0 Å². The van der Waals surface area contributed by atoms with Crippen LogP contribution in [0, 0.1) is 0 Å². The van der Waals surface area contributed by atoms with E-state index in [0.717, 1.165) is 0 Å². The molecule has 0 amide bonds. The van der Waals surface area contributed by atoms with Gasteiger partial charge in [0.05, 0.1) is 0 Å². The first kappa shape index (κ1) is 7.01. The Balaban J connectivity index is 0.000000360. The van der Waals surface area contributed by atoms with E-state index in [0.29, 0.717) is 0 Å². The molecule has 1 aliphatic heterocycles. The van der Waals surface area contributed by atoms with Crippen molar-refractivity contribution in [2.24, 2.45) is 5.10 Å². The molecule has 1 rings (SSSR count). The van der Waals surface area contributed by atoms with E-state index in [2.05, 4.69) is 16.1 Å². The Morgan fingerprint density at radius 2 is 2.43 bits per heavy atom. The van der Waals surface area contributed by atoms with Gasteiger partial charge in [0.15, 0.2) is 0 Å². The Kier molecular flexibility index (Phi) is 4.18. The fraction of sp³-hybridized carbons (Fsp3) is 0. The number of allylic oxidation sites excluding steroid dienone is 1. The van der Waals surface area contributed by atoms with E-state index < -0.39 is 0 Å². The normalized spacial score (nSPS) is 13.7. The van der Waals surface area contributed by atoms with Crippen molar-refractivity contribution in [3.05, 3.63) is 17.7 Å². The Hall–Kier alpha value is 0.01000. The number of nitrogens with zero attached hydrogens (tertiary/aromatic N) is 2. The predicted molar refractivity (Wildman–Crippen MR) is 24.1 cm³/mol. The molecular weight excluding hydrogens is 101 g/mol. The molecule has 0 radical (unpaired) electrons. The summed E-state index contributed by atoms with van der Waals surface area (Å²) >= 11 is 0. The third kappa shape index (κ3) is 2.68. The summed E-state index contributed by atoms with van der Waals surface area (Å²) in [6.45, 7) is 0. The van der Waals surface area contributed by atoms with Gasteiger partial charge in [-0.25, -0.2) is 5.10 Å². The maximum absolute atomic E-state index is 3.55. The zero-order valence-electron chi connectivity index (χ0n) is 4.13. The van der Waals surface area contributed by atoms with Crippen molar-refractivity contribution in [2.75, 3.05) is 0 Å². The Labute approximate surface area is 64.1 Å². The molecule has 0 fully saturated rings. The van der Waals surface area contributed by atoms with Crippen molar-refractivity contribution in [1.29, 1.82) is 0 Å². The van der Waals surface area contributed by atoms with E-state index in [-0.39, 0.29) is 29.6 Å². The Morgan fingerprint density at radius 1 is 1.57 bits per heavy atom. The van der Waals surface area contributed by atoms with Crippen LogP contribution >= 0.6 is 0 Å². The van der Waals surface area contributed by atoms with E-state index in [9.17, 15) is 0 Å². The standard InChI is InChI=1S/C3H4N3.Na/c1-2-4-6-5-3-1;/h1-3,6H;/q-1;+1. The average Bonchev–Trinajstić information content (AvgIpc) is 1.72. The second-order valence-electron chi connectivity index (χ2n) is 0.849. The predicted octanol–water partition coefficient (Wildman–Crippen LogP) is -2.62. The van der Waals surface area contributed by atoms with Gasteiger partial charge in [-0.2, -0.15) is 6.20 Å². The number of hydrazone groups is 1. The van der Waals surface area contributed by atoms with E-state index in [1.54, 1.807) is 18.5 Å². The number of hydrogen-bond acceptors (Lipinski definition) is 2. The van der Waals surface area contributed by atoms with Gasteiger partial charge >= 0.3 is 29.6 Å². The fourth-order valence-corrected chi connectivity index (χ4v) is 0.225. The minimum atomic E-state index is 0. The summed E-state index contributed by atoms with van der Waals surface area (Å²) in [5.74, 6) is 0. The molecule has 0 saturated heterocycles. The Morgan fingerprint density at radius 3 is 2.57 bits per heavy atom. The van der Waals surface area contributed by atoms with Crippen LogP contribution in [-0.2, 0) is 0 Å². The largest absolute Gasteiger partial charge is 1.00 e. The molecule has 32 valence electrons.